The molecule has 12 atom stereocenters. The second kappa shape index (κ2) is 11.0. The quantitative estimate of drug-likeness (QED) is 0.232. The second-order valence-electron chi connectivity index (χ2n) is 11.3. The van der Waals surface area contributed by atoms with Crippen LogP contribution in [0.5, 0.6) is 5.75 Å². The lowest BCUT2D eigenvalue weighted by atomic mass is 9.52. The normalized spacial score (nSPS) is 43.0. The number of ketones is 3. The van der Waals surface area contributed by atoms with Crippen LogP contribution < -0.4 is 9.57 Å². The summed E-state index contributed by atoms with van der Waals surface area (Å²) < 4.78 is 17.3. The van der Waals surface area contributed by atoms with E-state index >= 15 is 0 Å². The lowest BCUT2D eigenvalue weighted by Gasteiger charge is -2.56. The third-order valence-electron chi connectivity index (χ3n) is 9.19. The number of ether oxygens (including phenoxy) is 3. The number of hydrogen-bond donors (Lipinski definition) is 6. The van der Waals surface area contributed by atoms with Gasteiger partial charge in [0.25, 0.3) is 0 Å². The molecule has 0 amide bonds. The monoisotopic (exact) mass is 583 g/mol. The van der Waals surface area contributed by atoms with Gasteiger partial charge in [0, 0.05) is 24.3 Å². The van der Waals surface area contributed by atoms with Gasteiger partial charge in [-0.25, -0.2) is 4.84 Å². The van der Waals surface area contributed by atoms with Crippen LogP contribution in [0.4, 0.5) is 0 Å². The van der Waals surface area contributed by atoms with Crippen molar-refractivity contribution in [1.82, 2.24) is 4.84 Å². The van der Waals surface area contributed by atoms with Crippen LogP contribution in [-0.4, -0.2) is 105 Å². The number of Topliss-reactive ketones (excluding diaryl/α,β-unsaturated/α-hetero) is 3. The van der Waals surface area contributed by atoms with Crippen LogP contribution in [0.25, 0.3) is 0 Å². The van der Waals surface area contributed by atoms with E-state index in [-0.39, 0.29) is 36.1 Å². The third kappa shape index (κ3) is 4.59. The Balaban J connectivity index is 1.54. The number of hydrogen-bond acceptors (Lipinski definition) is 12. The molecule has 1 heterocycles. The van der Waals surface area contributed by atoms with Crippen molar-refractivity contribution in [2.24, 2.45) is 23.7 Å². The minimum absolute atomic E-state index is 0.0237. The van der Waals surface area contributed by atoms with E-state index in [0.717, 1.165) is 0 Å². The maximum absolute atomic E-state index is 13.8. The van der Waals surface area contributed by atoms with Crippen LogP contribution in [0, 0.1) is 23.7 Å². The molecule has 2 saturated carbocycles. The number of aliphatic hydroxyl groups excluding tert-OH is 4. The number of rotatable bonds is 6. The molecule has 12 nitrogen and oxygen atoms in total. The highest BCUT2D eigenvalue weighted by Gasteiger charge is 2.64. The lowest BCUT2D eigenvalue weighted by Crippen LogP contribution is -2.67. The molecule has 0 bridgehead atoms. The van der Waals surface area contributed by atoms with E-state index in [0.29, 0.717) is 0 Å². The van der Waals surface area contributed by atoms with Gasteiger partial charge in [0.2, 0.25) is 0 Å². The summed E-state index contributed by atoms with van der Waals surface area (Å²) in [5, 5.41) is 54.6. The number of methoxy groups -OCH3 is 1. The van der Waals surface area contributed by atoms with Gasteiger partial charge in [0.1, 0.15) is 18.0 Å². The number of fused-ring (bicyclic) bond motifs is 3. The van der Waals surface area contributed by atoms with E-state index in [2.05, 4.69) is 4.84 Å². The van der Waals surface area contributed by atoms with Gasteiger partial charge in [0.05, 0.1) is 61.1 Å². The molecule has 40 heavy (non-hydrogen) atoms. The number of benzene rings is 1. The van der Waals surface area contributed by atoms with Crippen LogP contribution >= 0.6 is 11.8 Å². The van der Waals surface area contributed by atoms with Crippen molar-refractivity contribution in [1.29, 1.82) is 0 Å². The molecule has 3 aliphatic carbocycles. The molecule has 0 spiro atoms. The molecule has 1 aromatic rings. The maximum atomic E-state index is 13.8. The smallest absolute Gasteiger partial charge is 0.189 e. The molecule has 5 rings (SSSR count). The number of aliphatic hydroxyl groups is 5. The van der Waals surface area contributed by atoms with Gasteiger partial charge in [-0.1, -0.05) is 12.1 Å². The fourth-order valence-corrected chi connectivity index (χ4v) is 7.42. The van der Waals surface area contributed by atoms with E-state index < -0.39 is 96.1 Å². The minimum Gasteiger partial charge on any atom is -0.496 e. The zero-order chi connectivity index (χ0) is 29.1. The van der Waals surface area contributed by atoms with Crippen LogP contribution in [0.1, 0.15) is 46.9 Å². The Hall–Kier alpha value is -2.00. The van der Waals surface area contributed by atoms with Crippen molar-refractivity contribution in [2.45, 2.75) is 74.6 Å². The summed E-state index contributed by atoms with van der Waals surface area (Å²) in [6, 6.07) is 3.91. The van der Waals surface area contributed by atoms with Gasteiger partial charge in [-0.05, 0) is 37.1 Å². The Kier molecular flexibility index (Phi) is 8.12. The molecule has 13 heteroatoms. The Morgan fingerprint density at radius 3 is 2.48 bits per heavy atom. The summed E-state index contributed by atoms with van der Waals surface area (Å²) >= 11 is 5.79. The zero-order valence-electron chi connectivity index (χ0n) is 22.0. The van der Waals surface area contributed by atoms with Gasteiger partial charge >= 0.3 is 0 Å². The van der Waals surface area contributed by atoms with Crippen molar-refractivity contribution in [3.63, 3.8) is 0 Å². The average molecular weight is 584 g/mol. The third-order valence-corrected chi connectivity index (χ3v) is 9.47. The number of nitrogens with one attached hydrogen (secondary N) is 1. The fourth-order valence-electron chi connectivity index (χ4n) is 7.20. The van der Waals surface area contributed by atoms with Crippen molar-refractivity contribution < 1.29 is 54.1 Å². The Morgan fingerprint density at radius 2 is 1.82 bits per heavy atom. The minimum atomic E-state index is -2.14. The highest BCUT2D eigenvalue weighted by molar-refractivity contribution is 6.18. The first kappa shape index (κ1) is 29.5. The molecule has 6 N–H and O–H groups in total. The van der Waals surface area contributed by atoms with Gasteiger partial charge < -0.3 is 39.7 Å². The first-order chi connectivity index (χ1) is 19.0. The second-order valence-corrected chi connectivity index (χ2v) is 11.5. The maximum Gasteiger partial charge on any atom is 0.189 e. The molecule has 4 aliphatic rings. The van der Waals surface area contributed by atoms with E-state index in [9.17, 15) is 39.9 Å². The summed E-state index contributed by atoms with van der Waals surface area (Å²) in [6.45, 7) is 0.634. The predicted octanol–water partition coefficient (Wildman–Crippen LogP) is -0.646. The summed E-state index contributed by atoms with van der Waals surface area (Å²) in [5.41, 5.74) is -2.06. The fraction of sp³-hybridized carbons (Fsp3) is 0.667. The summed E-state index contributed by atoms with van der Waals surface area (Å²) in [5.74, 6) is -6.57. The molecule has 10 unspecified atom stereocenters. The van der Waals surface area contributed by atoms with E-state index in [1.807, 2.05) is 0 Å². The summed E-state index contributed by atoms with van der Waals surface area (Å²) in [4.78, 5) is 42.6. The van der Waals surface area contributed by atoms with Crippen molar-refractivity contribution in [2.75, 3.05) is 13.7 Å². The summed E-state index contributed by atoms with van der Waals surface area (Å²) in [6.07, 6.45) is -7.49. The standard InChI is InChI=1S/C27H34ClNO11/c1-10-22(32)13(29-28)6-17(39-10)40-15-8-27(37,16(31)9-30)7-12-19(15)26(36)21-20(24(12)34)23(33)11-4-3-5-14(38-2)18(11)25(21)35/h3-5,10,12-13,15,17,19-22,24,26,29-30,32,34,36-37H,6-9H2,1-2H3/t10?,12?,13?,15-,17?,19?,20?,21?,22?,24?,26?,27-/m0/s1. The van der Waals surface area contributed by atoms with Crippen LogP contribution in [0.3, 0.4) is 0 Å². The average Bonchev–Trinajstić information content (AvgIpc) is 2.94. The highest BCUT2D eigenvalue weighted by atomic mass is 35.5. The lowest BCUT2D eigenvalue weighted by molar-refractivity contribution is -0.278. The summed E-state index contributed by atoms with van der Waals surface area (Å²) in [7, 11) is 1.36. The molecule has 220 valence electrons. The van der Waals surface area contributed by atoms with Gasteiger partial charge in [-0.3, -0.25) is 14.4 Å². The Labute approximate surface area is 235 Å². The Bertz CT molecular complexity index is 1180. The Morgan fingerprint density at radius 1 is 1.12 bits per heavy atom. The molecule has 1 saturated heterocycles. The molecule has 0 radical (unpaired) electrons. The van der Waals surface area contributed by atoms with Crippen molar-refractivity contribution >= 4 is 29.1 Å². The molecule has 1 aromatic carbocycles. The first-order valence-corrected chi connectivity index (χ1v) is 13.7. The van der Waals surface area contributed by atoms with Crippen molar-refractivity contribution in [3.05, 3.63) is 29.3 Å². The molecule has 1 aliphatic heterocycles. The SMILES string of the molecule is COc1cccc2c1C(=O)C1C(O)C3C(C[C@@](O)(C(=O)CO)C[C@@H]3OC3CC(NCl)C(O)C(C)O3)C(O)C1C2=O. The number of halogens is 1. The van der Waals surface area contributed by atoms with E-state index in [1.165, 1.54) is 19.2 Å². The van der Waals surface area contributed by atoms with E-state index in [4.69, 9.17) is 26.0 Å². The van der Waals surface area contributed by atoms with Gasteiger partial charge in [0.15, 0.2) is 23.6 Å². The van der Waals surface area contributed by atoms with Crippen LogP contribution in [0.2, 0.25) is 0 Å². The topological polar surface area (TPSA) is 192 Å². The van der Waals surface area contributed by atoms with Gasteiger partial charge in [-0.15, -0.1) is 0 Å². The van der Waals surface area contributed by atoms with Crippen LogP contribution in [0.15, 0.2) is 18.2 Å². The molecular weight excluding hydrogens is 550 g/mol. The first-order valence-electron chi connectivity index (χ1n) is 13.3. The molecule has 0 aromatic heterocycles. The number of carbonyl (C=O) groups excluding carboxylic acids is 3. The van der Waals surface area contributed by atoms with Crippen molar-refractivity contribution in [3.8, 4) is 5.75 Å². The predicted molar refractivity (Wildman–Crippen MR) is 137 cm³/mol. The van der Waals surface area contributed by atoms with Crippen LogP contribution in [-0.2, 0) is 14.3 Å². The number of carbonyl (C=O) groups is 3. The molecular formula is C27H34ClNO11. The zero-order valence-corrected chi connectivity index (χ0v) is 22.7. The van der Waals surface area contributed by atoms with Gasteiger partial charge in [-0.2, -0.15) is 0 Å². The largest absolute Gasteiger partial charge is 0.496 e. The molecule has 3 fully saturated rings. The van der Waals surface area contributed by atoms with E-state index in [1.54, 1.807) is 13.0 Å². The highest BCUT2D eigenvalue weighted by Crippen LogP contribution is 2.53.